The normalized spacial score (nSPS) is 13.7. The van der Waals surface area contributed by atoms with Crippen LogP contribution >= 0.6 is 0 Å². The molecule has 0 radical (unpaired) electrons. The van der Waals surface area contributed by atoms with Gasteiger partial charge >= 0.3 is 0 Å². The predicted molar refractivity (Wildman–Crippen MR) is 156 cm³/mol. The first-order chi connectivity index (χ1) is 19.6. The topological polar surface area (TPSA) is 96.7 Å². The molecule has 0 saturated heterocycles. The van der Waals surface area contributed by atoms with Crippen LogP contribution in [0.1, 0.15) is 63.1 Å². The van der Waals surface area contributed by atoms with Gasteiger partial charge in [-0.05, 0) is 56.4 Å². The quantitative estimate of drug-likeness (QED) is 0.249. The van der Waals surface area contributed by atoms with Crippen LogP contribution in [0.4, 0.5) is 10.2 Å². The molecule has 3 aromatic heterocycles. The van der Waals surface area contributed by atoms with Gasteiger partial charge in [-0.15, -0.1) is 0 Å². The number of nitrogens with zero attached hydrogens (tertiary/aromatic N) is 6. The Morgan fingerprint density at radius 1 is 1.00 bits per heavy atom. The van der Waals surface area contributed by atoms with Crippen molar-refractivity contribution in [2.24, 2.45) is 0 Å². The van der Waals surface area contributed by atoms with Crippen LogP contribution in [0.25, 0.3) is 22.3 Å². The summed E-state index contributed by atoms with van der Waals surface area (Å²) in [5.74, 6) is 0.714. The van der Waals surface area contributed by atoms with E-state index < -0.39 is 0 Å². The second-order valence-electron chi connectivity index (χ2n) is 10.0. The number of benzene rings is 2. The molecule has 3 heterocycles. The molecule has 2 N–H and O–H groups in total. The van der Waals surface area contributed by atoms with Crippen molar-refractivity contribution in [3.63, 3.8) is 0 Å². The largest absolute Gasteiger partial charge is 0.494 e. The fourth-order valence-corrected chi connectivity index (χ4v) is 5.24. The smallest absolute Gasteiger partial charge is 0.164 e. The number of halogens is 1. The fraction of sp³-hybridized carbons (Fsp3) is 0.355. The lowest BCUT2D eigenvalue weighted by atomic mass is 9.96. The molecule has 1 aliphatic rings. The summed E-state index contributed by atoms with van der Waals surface area (Å²) in [6.07, 6.45) is 13.6. The van der Waals surface area contributed by atoms with E-state index in [-0.39, 0.29) is 5.82 Å². The van der Waals surface area contributed by atoms with Crippen molar-refractivity contribution in [3.05, 3.63) is 84.5 Å². The van der Waals surface area contributed by atoms with Gasteiger partial charge in [0.1, 0.15) is 29.4 Å². The lowest BCUT2D eigenvalue weighted by Crippen LogP contribution is -2.14. The minimum Gasteiger partial charge on any atom is -0.494 e. The summed E-state index contributed by atoms with van der Waals surface area (Å²) in [4.78, 5) is 12.6. The van der Waals surface area contributed by atoms with E-state index in [1.165, 1.54) is 31.7 Å². The molecular weight excluding hydrogens is 505 g/mol. The van der Waals surface area contributed by atoms with Gasteiger partial charge in [0, 0.05) is 30.6 Å². The molecule has 0 aliphatic heterocycles. The Balaban J connectivity index is 0.000000403. The van der Waals surface area contributed by atoms with Crippen LogP contribution in [0.15, 0.2) is 67.5 Å². The molecule has 40 heavy (non-hydrogen) atoms. The fourth-order valence-electron chi connectivity index (χ4n) is 5.24. The minimum absolute atomic E-state index is 0.289. The molecule has 0 atom stereocenters. The maximum Gasteiger partial charge on any atom is 0.164 e. The van der Waals surface area contributed by atoms with Gasteiger partial charge in [-0.1, -0.05) is 43.5 Å². The first-order valence-corrected chi connectivity index (χ1v) is 14.0. The van der Waals surface area contributed by atoms with Crippen molar-refractivity contribution in [2.75, 3.05) is 12.3 Å². The van der Waals surface area contributed by atoms with Gasteiger partial charge in [0.25, 0.3) is 0 Å². The van der Waals surface area contributed by atoms with Crippen LogP contribution in [-0.4, -0.2) is 35.9 Å². The molecule has 2 aromatic carbocycles. The molecule has 208 valence electrons. The van der Waals surface area contributed by atoms with Gasteiger partial charge in [-0.2, -0.15) is 5.10 Å². The highest BCUT2D eigenvalue weighted by Crippen LogP contribution is 2.36. The number of nitrogen functional groups attached to an aromatic ring is 1. The third-order valence-corrected chi connectivity index (χ3v) is 7.24. The summed E-state index contributed by atoms with van der Waals surface area (Å²) in [5.41, 5.74) is 10.8. The molecule has 0 bridgehead atoms. The highest BCUT2D eigenvalue weighted by molar-refractivity contribution is 5.98. The van der Waals surface area contributed by atoms with Gasteiger partial charge in [-0.3, -0.25) is 0 Å². The van der Waals surface area contributed by atoms with E-state index in [2.05, 4.69) is 26.6 Å². The lowest BCUT2D eigenvalue weighted by molar-refractivity contribution is 0.336. The standard InChI is InChI=1S/C26H28FN5O.C5H8N2/c1-2-33-22-14-18(13-20(27)15-22)12-17-8-10-19(11-9-17)24-23-25(28)29-16-30-26(23)32(31-24)21-6-4-3-5-7-21;1-2-7-4-3-6-5-7/h8-11,13-16,21H,2-7,12H2,1H3,(H2,28,29,30);3-5H,2H2,1H3. The monoisotopic (exact) mass is 541 g/mol. The van der Waals surface area contributed by atoms with E-state index >= 15 is 0 Å². The maximum absolute atomic E-state index is 14.0. The molecule has 0 unspecified atom stereocenters. The molecule has 5 aromatic rings. The van der Waals surface area contributed by atoms with Crippen molar-refractivity contribution < 1.29 is 9.13 Å². The van der Waals surface area contributed by atoms with Crippen LogP contribution in [0.2, 0.25) is 0 Å². The number of nitrogens with two attached hydrogens (primary N) is 1. The summed E-state index contributed by atoms with van der Waals surface area (Å²) < 4.78 is 23.5. The van der Waals surface area contributed by atoms with E-state index in [4.69, 9.17) is 15.6 Å². The van der Waals surface area contributed by atoms with Crippen LogP contribution in [-0.2, 0) is 13.0 Å². The zero-order chi connectivity index (χ0) is 27.9. The zero-order valence-corrected chi connectivity index (χ0v) is 23.1. The molecule has 0 amide bonds. The SMILES string of the molecule is CCOc1cc(F)cc(Cc2ccc(-c3nn(C4CCCCC4)c4ncnc(N)c34)cc2)c1.CCn1ccnc1. The lowest BCUT2D eigenvalue weighted by Gasteiger charge is -2.22. The van der Waals surface area contributed by atoms with Crippen molar-refractivity contribution in [2.45, 2.75) is 65.0 Å². The van der Waals surface area contributed by atoms with E-state index in [1.54, 1.807) is 18.6 Å². The Morgan fingerprint density at radius 2 is 1.80 bits per heavy atom. The number of aryl methyl sites for hydroxylation is 1. The van der Waals surface area contributed by atoms with Crippen molar-refractivity contribution in [1.82, 2.24) is 29.3 Å². The van der Waals surface area contributed by atoms with E-state index in [9.17, 15) is 4.39 Å². The minimum atomic E-state index is -0.289. The molecule has 6 rings (SSSR count). The van der Waals surface area contributed by atoms with Gasteiger partial charge in [0.15, 0.2) is 5.65 Å². The molecule has 8 nitrogen and oxygen atoms in total. The van der Waals surface area contributed by atoms with Crippen LogP contribution in [0, 0.1) is 5.82 Å². The van der Waals surface area contributed by atoms with Crippen LogP contribution in [0.5, 0.6) is 5.75 Å². The first-order valence-electron chi connectivity index (χ1n) is 14.0. The summed E-state index contributed by atoms with van der Waals surface area (Å²) in [7, 11) is 0. The van der Waals surface area contributed by atoms with Crippen molar-refractivity contribution in [3.8, 4) is 17.0 Å². The van der Waals surface area contributed by atoms with E-state index in [1.807, 2.05) is 48.0 Å². The second kappa shape index (κ2) is 12.7. The van der Waals surface area contributed by atoms with Crippen molar-refractivity contribution in [1.29, 1.82) is 0 Å². The van der Waals surface area contributed by atoms with E-state index in [0.717, 1.165) is 52.8 Å². The third kappa shape index (κ3) is 6.30. The average Bonchev–Trinajstić information content (AvgIpc) is 3.63. The highest BCUT2D eigenvalue weighted by atomic mass is 19.1. The van der Waals surface area contributed by atoms with Gasteiger partial charge in [0.05, 0.1) is 24.4 Å². The maximum atomic E-state index is 14.0. The summed E-state index contributed by atoms with van der Waals surface area (Å²) in [5, 5.41) is 5.78. The number of imidazole rings is 1. The Labute approximate surface area is 234 Å². The average molecular weight is 542 g/mol. The first kappa shape index (κ1) is 27.3. The molecule has 1 saturated carbocycles. The Morgan fingerprint density at radius 3 is 2.48 bits per heavy atom. The van der Waals surface area contributed by atoms with Crippen LogP contribution < -0.4 is 10.5 Å². The number of hydrogen-bond donors (Lipinski definition) is 1. The molecular formula is C31H36FN7O. The van der Waals surface area contributed by atoms with Gasteiger partial charge < -0.3 is 15.0 Å². The third-order valence-electron chi connectivity index (χ3n) is 7.24. The number of ether oxygens (including phenoxy) is 1. The Bertz CT molecular complexity index is 1520. The number of rotatable bonds is 7. The summed E-state index contributed by atoms with van der Waals surface area (Å²) in [6, 6.07) is 13.4. The van der Waals surface area contributed by atoms with Crippen molar-refractivity contribution >= 4 is 16.9 Å². The zero-order valence-electron chi connectivity index (χ0n) is 23.1. The number of hydrogen-bond acceptors (Lipinski definition) is 6. The second-order valence-corrected chi connectivity index (χ2v) is 10.0. The van der Waals surface area contributed by atoms with Crippen LogP contribution in [0.3, 0.4) is 0 Å². The number of fused-ring (bicyclic) bond motifs is 1. The van der Waals surface area contributed by atoms with Gasteiger partial charge in [0.2, 0.25) is 0 Å². The highest BCUT2D eigenvalue weighted by Gasteiger charge is 2.23. The summed E-state index contributed by atoms with van der Waals surface area (Å²) in [6.45, 7) is 5.49. The van der Waals surface area contributed by atoms with E-state index in [0.29, 0.717) is 30.6 Å². The molecule has 1 aliphatic carbocycles. The molecule has 1 fully saturated rings. The number of aromatic nitrogens is 6. The molecule has 0 spiro atoms. The Hall–Kier alpha value is -4.27. The Kier molecular flexibility index (Phi) is 8.68. The predicted octanol–water partition coefficient (Wildman–Crippen LogP) is 6.61. The summed E-state index contributed by atoms with van der Waals surface area (Å²) >= 11 is 0. The molecule has 9 heteroatoms. The van der Waals surface area contributed by atoms with Gasteiger partial charge in [-0.25, -0.2) is 24.0 Å². The number of anilines is 1.